The highest BCUT2D eigenvalue weighted by molar-refractivity contribution is 5.99. The molecule has 2 aliphatic heterocycles. The molecule has 1 aliphatic carbocycles. The fraction of sp³-hybridized carbons (Fsp3) is 0.444. The van der Waals surface area contributed by atoms with Crippen LogP contribution in [0.2, 0.25) is 0 Å². The number of hydrogen-bond donors (Lipinski definition) is 0. The number of ketones is 2. The molecule has 0 radical (unpaired) electrons. The first-order chi connectivity index (χ1) is 21.4. The number of ether oxygens (including phenoxy) is 2. The molecule has 44 heavy (non-hydrogen) atoms. The quantitative estimate of drug-likeness (QED) is 0.257. The zero-order chi connectivity index (χ0) is 30.5. The third-order valence-corrected chi connectivity index (χ3v) is 9.17. The van der Waals surface area contributed by atoms with Crippen LogP contribution >= 0.6 is 0 Å². The van der Waals surface area contributed by atoms with Crippen molar-refractivity contribution in [3.63, 3.8) is 0 Å². The van der Waals surface area contributed by atoms with Crippen LogP contribution in [0.5, 0.6) is 11.5 Å². The molecule has 8 nitrogen and oxygen atoms in total. The molecule has 2 saturated heterocycles. The number of likely N-dealkylation sites (tertiary alicyclic amines) is 2. The van der Waals surface area contributed by atoms with Crippen molar-refractivity contribution in [2.24, 2.45) is 11.8 Å². The average molecular weight is 596 g/mol. The molecule has 1 aromatic heterocycles. The minimum absolute atomic E-state index is 0.0197. The molecule has 3 aliphatic rings. The van der Waals surface area contributed by atoms with E-state index >= 15 is 0 Å². The van der Waals surface area contributed by atoms with E-state index < -0.39 is 0 Å². The average Bonchev–Trinajstić information content (AvgIpc) is 3.92. The molecule has 0 bridgehead atoms. The third kappa shape index (κ3) is 7.53. The Bertz CT molecular complexity index is 1430. The fourth-order valence-electron chi connectivity index (χ4n) is 6.21. The Balaban J connectivity index is 0.922. The van der Waals surface area contributed by atoms with Crippen LogP contribution in [0.1, 0.15) is 81.7 Å². The lowest BCUT2D eigenvalue weighted by Gasteiger charge is -2.32. The van der Waals surface area contributed by atoms with Crippen molar-refractivity contribution in [1.29, 1.82) is 0 Å². The maximum atomic E-state index is 13.1. The molecule has 3 fully saturated rings. The number of pyridine rings is 1. The molecular weight excluding hydrogens is 554 g/mol. The van der Waals surface area contributed by atoms with E-state index in [1.54, 1.807) is 30.3 Å². The van der Waals surface area contributed by atoms with Gasteiger partial charge in [-0.1, -0.05) is 12.1 Å². The van der Waals surface area contributed by atoms with Crippen molar-refractivity contribution in [2.45, 2.75) is 57.6 Å². The number of hydrogen-bond acceptors (Lipinski definition) is 7. The Hall–Kier alpha value is -4.04. The van der Waals surface area contributed by atoms with Gasteiger partial charge in [-0.3, -0.25) is 24.3 Å². The normalized spacial score (nSPS) is 18.2. The van der Waals surface area contributed by atoms with Gasteiger partial charge in [-0.15, -0.1) is 0 Å². The van der Waals surface area contributed by atoms with Crippen molar-refractivity contribution in [3.8, 4) is 11.5 Å². The van der Waals surface area contributed by atoms with E-state index in [-0.39, 0.29) is 29.5 Å². The number of carbonyl (C=O) groups is 3. The summed E-state index contributed by atoms with van der Waals surface area (Å²) in [7, 11) is 1.68. The van der Waals surface area contributed by atoms with E-state index in [0.29, 0.717) is 36.7 Å². The SMILES string of the molecule is COc1ccc(CN2CCC(CC(=O)c3ccc(C(=O)N4CCC(Oc5ccc(C(=O)C6CC6)cc5)CC4)nc3)CC2)cc1. The van der Waals surface area contributed by atoms with Crippen molar-refractivity contribution >= 4 is 17.5 Å². The van der Waals surface area contributed by atoms with Crippen molar-refractivity contribution in [1.82, 2.24) is 14.8 Å². The Morgan fingerprint density at radius 1 is 0.773 bits per heavy atom. The number of rotatable bonds is 11. The van der Waals surface area contributed by atoms with E-state index in [2.05, 4.69) is 22.0 Å². The highest BCUT2D eigenvalue weighted by atomic mass is 16.5. The highest BCUT2D eigenvalue weighted by Crippen LogP contribution is 2.33. The molecule has 3 aromatic rings. The number of nitrogens with zero attached hydrogens (tertiary/aromatic N) is 3. The van der Waals surface area contributed by atoms with Crippen LogP contribution < -0.4 is 9.47 Å². The molecule has 8 heteroatoms. The van der Waals surface area contributed by atoms with Crippen LogP contribution in [0.25, 0.3) is 0 Å². The molecule has 0 spiro atoms. The van der Waals surface area contributed by atoms with Crippen molar-refractivity contribution in [3.05, 3.63) is 89.2 Å². The number of amides is 1. The summed E-state index contributed by atoms with van der Waals surface area (Å²) in [5.74, 6) is 2.40. The van der Waals surface area contributed by atoms with Crippen LogP contribution in [0.3, 0.4) is 0 Å². The summed E-state index contributed by atoms with van der Waals surface area (Å²) < 4.78 is 11.4. The largest absolute Gasteiger partial charge is 0.497 e. The zero-order valence-corrected chi connectivity index (χ0v) is 25.5. The number of benzene rings is 2. The van der Waals surface area contributed by atoms with Gasteiger partial charge in [0.1, 0.15) is 23.3 Å². The third-order valence-electron chi connectivity index (χ3n) is 9.17. The van der Waals surface area contributed by atoms with Gasteiger partial charge in [0.15, 0.2) is 11.6 Å². The van der Waals surface area contributed by atoms with Gasteiger partial charge in [-0.25, -0.2) is 0 Å². The van der Waals surface area contributed by atoms with Gasteiger partial charge < -0.3 is 14.4 Å². The van der Waals surface area contributed by atoms with Gasteiger partial charge in [-0.05, 0) is 98.8 Å². The Morgan fingerprint density at radius 2 is 1.43 bits per heavy atom. The van der Waals surface area contributed by atoms with Gasteiger partial charge in [-0.2, -0.15) is 0 Å². The first-order valence-electron chi connectivity index (χ1n) is 15.9. The second-order valence-corrected chi connectivity index (χ2v) is 12.4. The van der Waals surface area contributed by atoms with Crippen LogP contribution in [0.15, 0.2) is 66.9 Å². The summed E-state index contributed by atoms with van der Waals surface area (Å²) in [4.78, 5) is 47.0. The minimum Gasteiger partial charge on any atom is -0.497 e. The summed E-state index contributed by atoms with van der Waals surface area (Å²) in [6, 6.07) is 19.1. The summed E-state index contributed by atoms with van der Waals surface area (Å²) in [6.07, 6.45) is 7.53. The molecule has 6 rings (SSSR count). The van der Waals surface area contributed by atoms with Crippen LogP contribution in [0, 0.1) is 11.8 Å². The number of piperidine rings is 2. The maximum Gasteiger partial charge on any atom is 0.272 e. The predicted octanol–water partition coefficient (Wildman–Crippen LogP) is 5.85. The van der Waals surface area contributed by atoms with Crippen molar-refractivity contribution < 1.29 is 23.9 Å². The van der Waals surface area contributed by atoms with Crippen LogP contribution in [-0.4, -0.2) is 71.7 Å². The van der Waals surface area contributed by atoms with Crippen LogP contribution in [0.4, 0.5) is 0 Å². The lowest BCUT2D eigenvalue weighted by Crippen LogP contribution is -2.42. The Kier molecular flexibility index (Phi) is 9.36. The summed E-state index contributed by atoms with van der Waals surface area (Å²) in [5, 5.41) is 0. The molecule has 230 valence electrons. The topological polar surface area (TPSA) is 89.0 Å². The molecule has 3 heterocycles. The number of Topliss-reactive ketones (excluding diaryl/α,β-unsaturated/α-hetero) is 2. The molecule has 0 N–H and O–H groups in total. The van der Waals surface area contributed by atoms with Gasteiger partial charge >= 0.3 is 0 Å². The van der Waals surface area contributed by atoms with Crippen molar-refractivity contribution in [2.75, 3.05) is 33.3 Å². The monoisotopic (exact) mass is 595 g/mol. The van der Waals surface area contributed by atoms with Crippen LogP contribution in [-0.2, 0) is 6.54 Å². The molecule has 1 saturated carbocycles. The maximum absolute atomic E-state index is 13.1. The summed E-state index contributed by atoms with van der Waals surface area (Å²) >= 11 is 0. The van der Waals surface area contributed by atoms with E-state index in [1.165, 1.54) is 5.56 Å². The smallest absolute Gasteiger partial charge is 0.272 e. The minimum atomic E-state index is -0.116. The second kappa shape index (κ2) is 13.7. The number of aromatic nitrogens is 1. The molecular formula is C36H41N3O5. The van der Waals surface area contributed by atoms with Gasteiger partial charge in [0.2, 0.25) is 0 Å². The van der Waals surface area contributed by atoms with Gasteiger partial charge in [0.25, 0.3) is 5.91 Å². The number of carbonyl (C=O) groups excluding carboxylic acids is 3. The van der Waals surface area contributed by atoms with E-state index in [0.717, 1.165) is 75.2 Å². The first kappa shape index (κ1) is 30.0. The van der Waals surface area contributed by atoms with E-state index in [1.807, 2.05) is 36.4 Å². The van der Waals surface area contributed by atoms with E-state index in [4.69, 9.17) is 9.47 Å². The van der Waals surface area contributed by atoms with E-state index in [9.17, 15) is 14.4 Å². The zero-order valence-electron chi connectivity index (χ0n) is 25.5. The molecule has 0 atom stereocenters. The standard InChI is InChI=1S/C36H41N3O5/c1-43-30-9-2-26(3-10-30)24-38-18-14-25(15-19-38)22-34(40)29-8-13-33(37-23-29)36(42)39-20-16-32(17-21-39)44-31-11-6-28(7-12-31)35(41)27-4-5-27/h2-3,6-13,23,25,27,32H,4-5,14-22,24H2,1H3. The Morgan fingerprint density at radius 3 is 2.05 bits per heavy atom. The Labute approximate surface area is 259 Å². The molecule has 0 unspecified atom stereocenters. The number of methoxy groups -OCH3 is 1. The lowest BCUT2D eigenvalue weighted by molar-refractivity contribution is 0.0589. The predicted molar refractivity (Wildman–Crippen MR) is 167 cm³/mol. The second-order valence-electron chi connectivity index (χ2n) is 12.4. The van der Waals surface area contributed by atoms with Gasteiger partial charge in [0.05, 0.1) is 7.11 Å². The fourth-order valence-corrected chi connectivity index (χ4v) is 6.21. The van der Waals surface area contributed by atoms with Gasteiger partial charge in [0, 0.05) is 62.1 Å². The molecule has 2 aromatic carbocycles. The summed E-state index contributed by atoms with van der Waals surface area (Å²) in [6.45, 7) is 4.03. The summed E-state index contributed by atoms with van der Waals surface area (Å²) in [5.41, 5.74) is 2.95. The molecule has 1 amide bonds. The lowest BCUT2D eigenvalue weighted by atomic mass is 9.90. The first-order valence-corrected chi connectivity index (χ1v) is 15.9. The highest BCUT2D eigenvalue weighted by Gasteiger charge is 2.30.